The van der Waals surface area contributed by atoms with Crippen LogP contribution in [0.15, 0.2) is 17.5 Å². The summed E-state index contributed by atoms with van der Waals surface area (Å²) in [7, 11) is 3.06. The van der Waals surface area contributed by atoms with Crippen LogP contribution in [0.2, 0.25) is 0 Å². The summed E-state index contributed by atoms with van der Waals surface area (Å²) >= 11 is 2.80. The van der Waals surface area contributed by atoms with Gasteiger partial charge in [0, 0.05) is 19.0 Å². The number of hydrogen-bond donors (Lipinski definition) is 4. The monoisotopic (exact) mass is 324 g/mol. The maximum atomic E-state index is 12.0. The van der Waals surface area contributed by atoms with Crippen LogP contribution in [0.5, 0.6) is 0 Å². The quantitative estimate of drug-likeness (QED) is 0.673. The molecule has 5 N–H and O–H groups in total. The van der Waals surface area contributed by atoms with Gasteiger partial charge in [-0.1, -0.05) is 6.07 Å². The average Bonchev–Trinajstić information content (AvgIpc) is 3.11. The lowest BCUT2D eigenvalue weighted by atomic mass is 10.2. The Morgan fingerprint density at radius 1 is 1.24 bits per heavy atom. The highest BCUT2D eigenvalue weighted by atomic mass is 32.1. The SMILES string of the molecule is CNC(=O)c1sc(NCc2cccs2)c(C(=O)NC)c1N. The molecule has 2 aromatic heterocycles. The number of nitrogens with two attached hydrogens (primary N) is 1. The predicted octanol–water partition coefficient (Wildman–Crippen LogP) is 1.72. The maximum absolute atomic E-state index is 12.0. The molecule has 0 bridgehead atoms. The van der Waals surface area contributed by atoms with E-state index in [1.54, 1.807) is 11.3 Å². The number of rotatable bonds is 5. The summed E-state index contributed by atoms with van der Waals surface area (Å²) in [5, 5.41) is 10.8. The number of hydrogen-bond acceptors (Lipinski definition) is 6. The molecule has 0 atom stereocenters. The molecule has 0 unspecified atom stereocenters. The van der Waals surface area contributed by atoms with Gasteiger partial charge in [0.2, 0.25) is 0 Å². The van der Waals surface area contributed by atoms with Crippen LogP contribution in [0.3, 0.4) is 0 Å². The van der Waals surface area contributed by atoms with Crippen LogP contribution in [0.1, 0.15) is 24.9 Å². The van der Waals surface area contributed by atoms with E-state index in [4.69, 9.17) is 5.73 Å². The third-order valence-corrected chi connectivity index (χ3v) is 4.87. The molecule has 8 heteroatoms. The van der Waals surface area contributed by atoms with Crippen LogP contribution in [0.4, 0.5) is 10.7 Å². The number of carbonyl (C=O) groups is 2. The van der Waals surface area contributed by atoms with Gasteiger partial charge in [-0.25, -0.2) is 0 Å². The Morgan fingerprint density at radius 3 is 2.52 bits per heavy atom. The molecule has 0 aliphatic rings. The number of thiophene rings is 2. The third kappa shape index (κ3) is 3.17. The Balaban J connectivity index is 2.33. The zero-order chi connectivity index (χ0) is 15.4. The first-order chi connectivity index (χ1) is 10.1. The van der Waals surface area contributed by atoms with Crippen molar-refractivity contribution in [2.45, 2.75) is 6.54 Å². The second-order valence-electron chi connectivity index (χ2n) is 4.14. The fraction of sp³-hybridized carbons (Fsp3) is 0.231. The summed E-state index contributed by atoms with van der Waals surface area (Å²) in [6.45, 7) is 0.578. The predicted molar refractivity (Wildman–Crippen MR) is 87.2 cm³/mol. The molecular weight excluding hydrogens is 308 g/mol. The van der Waals surface area contributed by atoms with Crippen molar-refractivity contribution in [3.8, 4) is 0 Å². The Kier molecular flexibility index (Phi) is 4.81. The van der Waals surface area contributed by atoms with E-state index >= 15 is 0 Å². The highest BCUT2D eigenvalue weighted by Gasteiger charge is 2.24. The van der Waals surface area contributed by atoms with E-state index in [2.05, 4.69) is 16.0 Å². The van der Waals surface area contributed by atoms with Gasteiger partial charge in [-0.2, -0.15) is 0 Å². The van der Waals surface area contributed by atoms with E-state index in [1.165, 1.54) is 25.4 Å². The van der Waals surface area contributed by atoms with Crippen LogP contribution >= 0.6 is 22.7 Å². The molecule has 0 saturated heterocycles. The molecule has 2 amide bonds. The fourth-order valence-corrected chi connectivity index (χ4v) is 3.49. The number of anilines is 2. The molecule has 0 aliphatic carbocycles. The summed E-state index contributed by atoms with van der Waals surface area (Å²) in [6.07, 6.45) is 0. The molecule has 2 aromatic rings. The third-order valence-electron chi connectivity index (χ3n) is 2.84. The average molecular weight is 324 g/mol. The van der Waals surface area contributed by atoms with Gasteiger partial charge >= 0.3 is 0 Å². The van der Waals surface area contributed by atoms with E-state index in [9.17, 15) is 9.59 Å². The van der Waals surface area contributed by atoms with Crippen LogP contribution < -0.4 is 21.7 Å². The summed E-state index contributed by atoms with van der Waals surface area (Å²) in [4.78, 5) is 25.3. The smallest absolute Gasteiger partial charge is 0.263 e. The van der Waals surface area contributed by atoms with Gasteiger partial charge < -0.3 is 21.7 Å². The number of nitrogens with one attached hydrogen (secondary N) is 3. The van der Waals surface area contributed by atoms with Crippen LogP contribution in [-0.4, -0.2) is 25.9 Å². The van der Waals surface area contributed by atoms with Gasteiger partial charge in [0.05, 0.1) is 17.8 Å². The van der Waals surface area contributed by atoms with Gasteiger partial charge in [-0.15, -0.1) is 22.7 Å². The molecule has 0 fully saturated rings. The highest BCUT2D eigenvalue weighted by molar-refractivity contribution is 7.19. The van der Waals surface area contributed by atoms with Crippen LogP contribution in [0, 0.1) is 0 Å². The summed E-state index contributed by atoms with van der Waals surface area (Å²) in [5.74, 6) is -0.612. The van der Waals surface area contributed by atoms with Gasteiger partial charge in [0.25, 0.3) is 11.8 Å². The minimum Gasteiger partial charge on any atom is -0.397 e. The van der Waals surface area contributed by atoms with Gasteiger partial charge in [-0.3, -0.25) is 9.59 Å². The van der Waals surface area contributed by atoms with Crippen molar-refractivity contribution in [3.63, 3.8) is 0 Å². The lowest BCUT2D eigenvalue weighted by Crippen LogP contribution is -2.21. The van der Waals surface area contributed by atoms with Crippen molar-refractivity contribution in [1.29, 1.82) is 0 Å². The molecule has 112 valence electrons. The van der Waals surface area contributed by atoms with Crippen molar-refractivity contribution in [2.75, 3.05) is 25.1 Å². The second-order valence-corrected chi connectivity index (χ2v) is 6.19. The molecule has 0 spiro atoms. The summed E-state index contributed by atoms with van der Waals surface area (Å²) < 4.78 is 0. The number of amides is 2. The Hall–Kier alpha value is -2.06. The topological polar surface area (TPSA) is 96.2 Å². The molecule has 0 aliphatic heterocycles. The standard InChI is InChI=1S/C13H16N4O2S2/c1-15-11(18)8-9(14)10(12(19)16-2)21-13(8)17-6-7-4-3-5-20-7/h3-5,17H,6,14H2,1-2H3,(H,15,18)(H,16,19). The molecule has 21 heavy (non-hydrogen) atoms. The van der Waals surface area contributed by atoms with Crippen molar-refractivity contribution in [2.24, 2.45) is 0 Å². The van der Waals surface area contributed by atoms with E-state index in [0.29, 0.717) is 22.0 Å². The Labute approximate surface area is 130 Å². The second kappa shape index (κ2) is 6.59. The lowest BCUT2D eigenvalue weighted by Gasteiger charge is -2.06. The highest BCUT2D eigenvalue weighted by Crippen LogP contribution is 2.36. The minimum absolute atomic E-state index is 0.201. The van der Waals surface area contributed by atoms with Crippen molar-refractivity contribution in [3.05, 3.63) is 32.8 Å². The molecule has 0 aromatic carbocycles. The van der Waals surface area contributed by atoms with Crippen molar-refractivity contribution >= 4 is 45.2 Å². The van der Waals surface area contributed by atoms with E-state index in [1.807, 2.05) is 17.5 Å². The Bertz CT molecular complexity index is 649. The minimum atomic E-state index is -0.312. The molecular formula is C13H16N4O2S2. The first-order valence-electron chi connectivity index (χ1n) is 6.21. The molecule has 0 radical (unpaired) electrons. The molecule has 0 saturated carbocycles. The first kappa shape index (κ1) is 15.3. The van der Waals surface area contributed by atoms with E-state index < -0.39 is 0 Å². The van der Waals surface area contributed by atoms with Gasteiger partial charge in [0.1, 0.15) is 9.88 Å². The van der Waals surface area contributed by atoms with Crippen molar-refractivity contribution in [1.82, 2.24) is 10.6 Å². The Morgan fingerprint density at radius 2 is 1.95 bits per heavy atom. The fourth-order valence-electron chi connectivity index (χ4n) is 1.78. The van der Waals surface area contributed by atoms with Crippen molar-refractivity contribution < 1.29 is 9.59 Å². The number of carbonyl (C=O) groups excluding carboxylic acids is 2. The molecule has 2 heterocycles. The zero-order valence-corrected chi connectivity index (χ0v) is 13.3. The van der Waals surface area contributed by atoms with Gasteiger partial charge in [-0.05, 0) is 11.4 Å². The summed E-state index contributed by atoms with van der Waals surface area (Å²) in [5.41, 5.74) is 6.48. The van der Waals surface area contributed by atoms with Crippen LogP contribution in [-0.2, 0) is 6.54 Å². The maximum Gasteiger partial charge on any atom is 0.263 e. The van der Waals surface area contributed by atoms with E-state index in [-0.39, 0.29) is 17.5 Å². The number of nitrogen functional groups attached to an aromatic ring is 1. The van der Waals surface area contributed by atoms with Gasteiger partial charge in [0.15, 0.2) is 0 Å². The van der Waals surface area contributed by atoms with E-state index in [0.717, 1.165) is 4.88 Å². The zero-order valence-electron chi connectivity index (χ0n) is 11.6. The largest absolute Gasteiger partial charge is 0.397 e. The first-order valence-corrected chi connectivity index (χ1v) is 7.90. The molecule has 2 rings (SSSR count). The summed E-state index contributed by atoms with van der Waals surface area (Å²) in [6, 6.07) is 3.95. The molecule has 6 nitrogen and oxygen atoms in total. The normalized spacial score (nSPS) is 10.2. The lowest BCUT2D eigenvalue weighted by molar-refractivity contribution is 0.0963. The van der Waals surface area contributed by atoms with Crippen LogP contribution in [0.25, 0.3) is 0 Å².